The molecule has 11 aromatic rings. The number of fused-ring (bicyclic) bond motifs is 6. The van der Waals surface area contributed by atoms with Gasteiger partial charge in [0.05, 0.1) is 0 Å². The molecule has 0 unspecified atom stereocenters. The Bertz CT molecular complexity index is 3350. The molecule has 0 N–H and O–H groups in total. The third-order valence-electron chi connectivity index (χ3n) is 12.9. The highest BCUT2D eigenvalue weighted by Gasteiger charge is 2.49. The summed E-state index contributed by atoms with van der Waals surface area (Å²) < 4.78 is 2.60. The molecule has 1 aromatic heterocycles. The molecule has 0 saturated carbocycles. The van der Waals surface area contributed by atoms with Gasteiger partial charge in [-0.3, -0.25) is 0 Å². The van der Waals surface area contributed by atoms with E-state index in [9.17, 15) is 0 Å². The first kappa shape index (κ1) is 38.0. The van der Waals surface area contributed by atoms with Crippen molar-refractivity contribution in [3.05, 3.63) is 255 Å². The van der Waals surface area contributed by atoms with Crippen molar-refractivity contribution in [2.75, 3.05) is 9.80 Å². The second-order valence-corrected chi connectivity index (χ2v) is 21.3. The molecular weight excluding hydrogens is 809 g/mol. The number of hydrogen-bond acceptors (Lipinski definition) is 3. The second kappa shape index (κ2) is 15.9. The Hall–Kier alpha value is -7.76. The molecule has 4 heteroatoms. The maximum absolute atomic E-state index is 2.89. The van der Waals surface area contributed by atoms with Gasteiger partial charge in [0.15, 0.2) is 8.07 Å². The minimum atomic E-state index is -2.89. The van der Waals surface area contributed by atoms with Crippen molar-refractivity contribution < 1.29 is 0 Å². The van der Waals surface area contributed by atoms with Crippen LogP contribution in [0.25, 0.3) is 42.4 Å². The van der Waals surface area contributed by atoms with E-state index in [-0.39, 0.29) is 0 Å². The minimum absolute atomic E-state index is 1.12. The van der Waals surface area contributed by atoms with Gasteiger partial charge in [0.1, 0.15) is 0 Å². The molecule has 0 spiro atoms. The highest BCUT2D eigenvalue weighted by Crippen LogP contribution is 2.43. The van der Waals surface area contributed by atoms with Crippen molar-refractivity contribution in [2.45, 2.75) is 0 Å². The van der Waals surface area contributed by atoms with Gasteiger partial charge in [-0.05, 0) is 128 Å². The van der Waals surface area contributed by atoms with Crippen molar-refractivity contribution in [1.82, 2.24) is 0 Å². The number of benzene rings is 10. The molecule has 0 bridgehead atoms. The highest BCUT2D eigenvalue weighted by molar-refractivity contribution is 7.25. The SMILES string of the molecule is c1ccc(-c2ccc(N(c3ccc4c(c3)[Si](c3ccccc3)(c3ccccc3)c3ccc(N(c5ccccc5)c5ccccc5)cc3-4)c3ccc4sc5ccccc5c4c3)cc2)cc1. The summed E-state index contributed by atoms with van der Waals surface area (Å²) in [5, 5.41) is 8.13. The fourth-order valence-electron chi connectivity index (χ4n) is 10.1. The summed E-state index contributed by atoms with van der Waals surface area (Å²) in [6.07, 6.45) is 0. The lowest BCUT2D eigenvalue weighted by molar-refractivity contribution is 1.28. The normalized spacial score (nSPS) is 12.5. The van der Waals surface area contributed by atoms with E-state index < -0.39 is 8.07 Å². The maximum atomic E-state index is 2.54. The number of nitrogens with zero attached hydrogens (tertiary/aromatic N) is 2. The fourth-order valence-corrected chi connectivity index (χ4v) is 16.4. The van der Waals surface area contributed by atoms with Gasteiger partial charge in [-0.25, -0.2) is 0 Å². The van der Waals surface area contributed by atoms with Gasteiger partial charge in [0, 0.05) is 54.3 Å². The van der Waals surface area contributed by atoms with Crippen molar-refractivity contribution in [3.8, 4) is 22.3 Å². The van der Waals surface area contributed by atoms with Crippen LogP contribution in [0.15, 0.2) is 255 Å². The Labute approximate surface area is 379 Å². The van der Waals surface area contributed by atoms with Crippen LogP contribution in [-0.4, -0.2) is 8.07 Å². The van der Waals surface area contributed by atoms with Crippen LogP contribution in [-0.2, 0) is 0 Å². The molecule has 2 nitrogen and oxygen atoms in total. The van der Waals surface area contributed by atoms with Gasteiger partial charge >= 0.3 is 0 Å². The Balaban J connectivity index is 1.11. The molecule has 0 saturated heterocycles. The quantitative estimate of drug-likeness (QED) is 0.134. The first-order valence-corrected chi connectivity index (χ1v) is 24.7. The van der Waals surface area contributed by atoms with E-state index in [1.165, 1.54) is 63.2 Å². The third kappa shape index (κ3) is 6.30. The van der Waals surface area contributed by atoms with Crippen LogP contribution >= 0.6 is 11.3 Å². The van der Waals surface area contributed by atoms with Crippen molar-refractivity contribution in [3.63, 3.8) is 0 Å². The predicted molar refractivity (Wildman–Crippen MR) is 277 cm³/mol. The Kier molecular flexibility index (Phi) is 9.40. The average molecular weight is 851 g/mol. The molecule has 0 fully saturated rings. The zero-order valence-corrected chi connectivity index (χ0v) is 36.9. The topological polar surface area (TPSA) is 6.48 Å². The van der Waals surface area contributed by atoms with E-state index in [0.29, 0.717) is 0 Å². The minimum Gasteiger partial charge on any atom is -0.310 e. The molecule has 2 heterocycles. The zero-order chi connectivity index (χ0) is 42.5. The fraction of sp³-hybridized carbons (Fsp3) is 0. The Morgan fingerprint density at radius 3 is 1.39 bits per heavy atom. The molecule has 0 atom stereocenters. The van der Waals surface area contributed by atoms with Crippen LogP contribution in [0, 0.1) is 0 Å². The zero-order valence-electron chi connectivity index (χ0n) is 35.1. The van der Waals surface area contributed by atoms with Crippen molar-refractivity contribution >= 4 is 94.5 Å². The summed E-state index contributed by atoms with van der Waals surface area (Å²) >= 11 is 1.86. The van der Waals surface area contributed by atoms with Crippen molar-refractivity contribution in [1.29, 1.82) is 0 Å². The Morgan fingerprint density at radius 2 is 0.734 bits per heavy atom. The average Bonchev–Trinajstić information content (AvgIpc) is 3.89. The molecule has 0 aliphatic carbocycles. The summed E-state index contributed by atoms with van der Waals surface area (Å²) in [7, 11) is -2.89. The van der Waals surface area contributed by atoms with Crippen LogP contribution in [0.1, 0.15) is 0 Å². The van der Waals surface area contributed by atoms with Crippen LogP contribution in [0.2, 0.25) is 0 Å². The smallest absolute Gasteiger partial charge is 0.180 e. The molecule has 1 aliphatic heterocycles. The maximum Gasteiger partial charge on any atom is 0.180 e. The predicted octanol–water partition coefficient (Wildman–Crippen LogP) is 14.0. The van der Waals surface area contributed by atoms with Gasteiger partial charge in [0.25, 0.3) is 0 Å². The number of anilines is 6. The summed E-state index contributed by atoms with van der Waals surface area (Å²) in [5.41, 5.74) is 11.8. The van der Waals surface area contributed by atoms with E-state index in [1.54, 1.807) is 0 Å². The van der Waals surface area contributed by atoms with E-state index in [0.717, 1.165) is 34.1 Å². The van der Waals surface area contributed by atoms with Gasteiger partial charge in [-0.2, -0.15) is 0 Å². The largest absolute Gasteiger partial charge is 0.310 e. The number of para-hydroxylation sites is 2. The van der Waals surface area contributed by atoms with Gasteiger partial charge in [-0.15, -0.1) is 11.3 Å². The lowest BCUT2D eigenvalue weighted by Gasteiger charge is -2.33. The van der Waals surface area contributed by atoms with E-state index in [2.05, 4.69) is 265 Å². The molecule has 0 amide bonds. The standard InChI is InChI=1S/C60H42N2SSi/c1-6-18-43(19-7-1)44-30-32-47(33-31-44)62(48-35-38-58-55(40-48)53-28-16-17-29-57(53)63-58)50-34-37-54-56-41-49(61(45-20-8-2-9-21-45)46-22-10-3-11-23-46)36-39-59(56)64(60(54)42-50,51-24-12-4-13-25-51)52-26-14-5-15-27-52/h1-42H. The summed E-state index contributed by atoms with van der Waals surface area (Å²) in [4.78, 5) is 4.85. The van der Waals surface area contributed by atoms with E-state index in [1.807, 2.05) is 11.3 Å². The molecule has 10 aromatic carbocycles. The number of rotatable bonds is 9. The molecule has 1 aliphatic rings. The van der Waals surface area contributed by atoms with E-state index >= 15 is 0 Å². The first-order valence-electron chi connectivity index (χ1n) is 21.9. The number of hydrogen-bond donors (Lipinski definition) is 0. The monoisotopic (exact) mass is 850 g/mol. The lowest BCUT2D eigenvalue weighted by atomic mass is 10.0. The summed E-state index contributed by atoms with van der Waals surface area (Å²) in [5.74, 6) is 0. The van der Waals surface area contributed by atoms with Crippen molar-refractivity contribution in [2.24, 2.45) is 0 Å². The van der Waals surface area contributed by atoms with Crippen LogP contribution in [0.3, 0.4) is 0 Å². The van der Waals surface area contributed by atoms with Gasteiger partial charge in [-0.1, -0.05) is 170 Å². The first-order chi connectivity index (χ1) is 31.7. The van der Waals surface area contributed by atoms with Crippen LogP contribution in [0.4, 0.5) is 34.1 Å². The van der Waals surface area contributed by atoms with Crippen LogP contribution in [0.5, 0.6) is 0 Å². The third-order valence-corrected chi connectivity index (χ3v) is 18.9. The summed E-state index contributed by atoms with van der Waals surface area (Å²) in [6, 6.07) is 94.2. The second-order valence-electron chi connectivity index (χ2n) is 16.5. The van der Waals surface area contributed by atoms with Gasteiger partial charge < -0.3 is 9.80 Å². The highest BCUT2D eigenvalue weighted by atomic mass is 32.1. The van der Waals surface area contributed by atoms with E-state index in [4.69, 9.17) is 0 Å². The molecular formula is C60H42N2SSi. The Morgan fingerprint density at radius 1 is 0.281 bits per heavy atom. The number of thiophene rings is 1. The summed E-state index contributed by atoms with van der Waals surface area (Å²) in [6.45, 7) is 0. The van der Waals surface area contributed by atoms with Crippen LogP contribution < -0.4 is 30.5 Å². The lowest BCUT2D eigenvalue weighted by Crippen LogP contribution is -2.72. The molecule has 0 radical (unpaired) electrons. The molecule has 64 heavy (non-hydrogen) atoms. The molecule has 302 valence electrons. The molecule has 12 rings (SSSR count). The van der Waals surface area contributed by atoms with Gasteiger partial charge in [0.2, 0.25) is 0 Å².